The van der Waals surface area contributed by atoms with E-state index < -0.39 is 5.60 Å². The maximum atomic E-state index is 9.50. The van der Waals surface area contributed by atoms with Crippen LogP contribution >= 0.6 is 0 Å². The second kappa shape index (κ2) is 4.17. The average Bonchev–Trinajstić information content (AvgIpc) is 2.14. The highest BCUT2D eigenvalue weighted by Gasteiger charge is 2.11. The third-order valence-electron chi connectivity index (χ3n) is 1.75. The van der Waals surface area contributed by atoms with Crippen molar-refractivity contribution in [2.75, 3.05) is 11.9 Å². The molecule has 1 rings (SSSR count). The SMILES string of the molecule is C#Cc1cccc(NCC(C)(C)O)c1. The zero-order chi connectivity index (χ0) is 10.6. The first-order valence-electron chi connectivity index (χ1n) is 4.54. The second-order valence-corrected chi connectivity index (χ2v) is 3.89. The Morgan fingerprint density at radius 2 is 2.21 bits per heavy atom. The summed E-state index contributed by atoms with van der Waals surface area (Å²) in [6, 6.07) is 7.56. The van der Waals surface area contributed by atoms with Gasteiger partial charge in [0, 0.05) is 17.8 Å². The Hall–Kier alpha value is -1.46. The van der Waals surface area contributed by atoms with Gasteiger partial charge < -0.3 is 10.4 Å². The summed E-state index contributed by atoms with van der Waals surface area (Å²) in [6.45, 7) is 4.01. The van der Waals surface area contributed by atoms with E-state index in [9.17, 15) is 5.11 Å². The fourth-order valence-corrected chi connectivity index (χ4v) is 1.04. The summed E-state index contributed by atoms with van der Waals surface area (Å²) >= 11 is 0. The van der Waals surface area contributed by atoms with Crippen molar-refractivity contribution in [3.8, 4) is 12.3 Å². The predicted octanol–water partition coefficient (Wildman–Crippen LogP) is 1.85. The van der Waals surface area contributed by atoms with Gasteiger partial charge in [-0.3, -0.25) is 0 Å². The molecule has 0 atom stereocenters. The molecular formula is C12H15NO. The molecule has 0 spiro atoms. The monoisotopic (exact) mass is 189 g/mol. The maximum absolute atomic E-state index is 9.50. The highest BCUT2D eigenvalue weighted by molar-refractivity contribution is 5.50. The number of rotatable bonds is 3. The van der Waals surface area contributed by atoms with Crippen molar-refractivity contribution in [3.05, 3.63) is 29.8 Å². The molecule has 14 heavy (non-hydrogen) atoms. The van der Waals surface area contributed by atoms with Gasteiger partial charge in [-0.2, -0.15) is 0 Å². The van der Waals surface area contributed by atoms with E-state index in [0.717, 1.165) is 11.3 Å². The first-order chi connectivity index (χ1) is 6.51. The molecule has 1 aromatic carbocycles. The molecule has 0 aliphatic carbocycles. The van der Waals surface area contributed by atoms with E-state index in [1.54, 1.807) is 13.8 Å². The minimum Gasteiger partial charge on any atom is -0.389 e. The first-order valence-corrected chi connectivity index (χ1v) is 4.54. The van der Waals surface area contributed by atoms with E-state index in [-0.39, 0.29) is 0 Å². The second-order valence-electron chi connectivity index (χ2n) is 3.89. The van der Waals surface area contributed by atoms with Gasteiger partial charge in [-0.15, -0.1) is 6.42 Å². The number of benzene rings is 1. The summed E-state index contributed by atoms with van der Waals surface area (Å²) in [5, 5.41) is 12.6. The first kappa shape index (κ1) is 10.6. The van der Waals surface area contributed by atoms with Crippen molar-refractivity contribution in [1.29, 1.82) is 0 Å². The van der Waals surface area contributed by atoms with E-state index >= 15 is 0 Å². The summed E-state index contributed by atoms with van der Waals surface area (Å²) in [6.07, 6.45) is 5.27. The quantitative estimate of drug-likeness (QED) is 0.711. The number of terminal acetylenes is 1. The zero-order valence-corrected chi connectivity index (χ0v) is 8.54. The summed E-state index contributed by atoms with van der Waals surface area (Å²) in [7, 11) is 0. The molecule has 0 bridgehead atoms. The van der Waals surface area contributed by atoms with Crippen LogP contribution < -0.4 is 5.32 Å². The lowest BCUT2D eigenvalue weighted by Gasteiger charge is -2.18. The van der Waals surface area contributed by atoms with Crippen LogP contribution in [-0.2, 0) is 0 Å². The van der Waals surface area contributed by atoms with Crippen LogP contribution in [0.2, 0.25) is 0 Å². The van der Waals surface area contributed by atoms with Crippen LogP contribution in [0.1, 0.15) is 19.4 Å². The van der Waals surface area contributed by atoms with Crippen LogP contribution in [0.5, 0.6) is 0 Å². The van der Waals surface area contributed by atoms with Gasteiger partial charge >= 0.3 is 0 Å². The summed E-state index contributed by atoms with van der Waals surface area (Å²) in [4.78, 5) is 0. The lowest BCUT2D eigenvalue weighted by atomic mass is 10.1. The van der Waals surface area contributed by atoms with Crippen molar-refractivity contribution >= 4 is 5.69 Å². The molecule has 0 radical (unpaired) electrons. The molecule has 0 amide bonds. The molecule has 0 saturated carbocycles. The Bertz CT molecular complexity index is 344. The molecule has 2 N–H and O–H groups in total. The number of aliphatic hydroxyl groups is 1. The molecule has 2 nitrogen and oxygen atoms in total. The van der Waals surface area contributed by atoms with Crippen molar-refractivity contribution in [3.63, 3.8) is 0 Å². The van der Waals surface area contributed by atoms with E-state index in [4.69, 9.17) is 6.42 Å². The maximum Gasteiger partial charge on any atom is 0.0763 e. The van der Waals surface area contributed by atoms with E-state index in [1.807, 2.05) is 24.3 Å². The highest BCUT2D eigenvalue weighted by Crippen LogP contribution is 2.11. The average molecular weight is 189 g/mol. The number of hydrogen-bond donors (Lipinski definition) is 2. The molecule has 2 heteroatoms. The Balaban J connectivity index is 2.65. The van der Waals surface area contributed by atoms with Crippen LogP contribution in [0.4, 0.5) is 5.69 Å². The van der Waals surface area contributed by atoms with Crippen LogP contribution in [-0.4, -0.2) is 17.3 Å². The topological polar surface area (TPSA) is 32.3 Å². The summed E-state index contributed by atoms with van der Waals surface area (Å²) in [5.41, 5.74) is 1.06. The van der Waals surface area contributed by atoms with Crippen molar-refractivity contribution in [2.45, 2.75) is 19.4 Å². The Morgan fingerprint density at radius 3 is 2.79 bits per heavy atom. The van der Waals surface area contributed by atoms with Crippen molar-refractivity contribution < 1.29 is 5.11 Å². The molecule has 0 aliphatic rings. The van der Waals surface area contributed by atoms with E-state index in [2.05, 4.69) is 11.2 Å². The van der Waals surface area contributed by atoms with Gasteiger partial charge in [-0.1, -0.05) is 12.0 Å². The Morgan fingerprint density at radius 1 is 1.50 bits per heavy atom. The van der Waals surface area contributed by atoms with E-state index in [1.165, 1.54) is 0 Å². The van der Waals surface area contributed by atoms with Crippen molar-refractivity contribution in [1.82, 2.24) is 0 Å². The van der Waals surface area contributed by atoms with Gasteiger partial charge in [0.05, 0.1) is 5.60 Å². The molecular weight excluding hydrogens is 174 g/mol. The molecule has 0 fully saturated rings. The van der Waals surface area contributed by atoms with Crippen LogP contribution in [0.15, 0.2) is 24.3 Å². The van der Waals surface area contributed by atoms with Crippen molar-refractivity contribution in [2.24, 2.45) is 0 Å². The number of nitrogens with one attached hydrogen (secondary N) is 1. The number of anilines is 1. The third-order valence-corrected chi connectivity index (χ3v) is 1.75. The molecule has 0 saturated heterocycles. The van der Waals surface area contributed by atoms with Gasteiger partial charge in [-0.25, -0.2) is 0 Å². The Labute approximate surface area is 85.0 Å². The minimum absolute atomic E-state index is 0.501. The Kier molecular flexibility index (Phi) is 3.16. The molecule has 74 valence electrons. The van der Waals surface area contributed by atoms with Gasteiger partial charge in [0.2, 0.25) is 0 Å². The largest absolute Gasteiger partial charge is 0.389 e. The lowest BCUT2D eigenvalue weighted by Crippen LogP contribution is -2.29. The smallest absolute Gasteiger partial charge is 0.0763 e. The van der Waals surface area contributed by atoms with Gasteiger partial charge in [0.15, 0.2) is 0 Å². The molecule has 0 heterocycles. The normalized spacial score (nSPS) is 10.7. The van der Waals surface area contributed by atoms with Crippen LogP contribution in [0, 0.1) is 12.3 Å². The van der Waals surface area contributed by atoms with Gasteiger partial charge in [0.1, 0.15) is 0 Å². The molecule has 0 aromatic heterocycles. The number of hydrogen-bond acceptors (Lipinski definition) is 2. The highest BCUT2D eigenvalue weighted by atomic mass is 16.3. The minimum atomic E-state index is -0.716. The van der Waals surface area contributed by atoms with Crippen LogP contribution in [0.25, 0.3) is 0 Å². The fourth-order valence-electron chi connectivity index (χ4n) is 1.04. The standard InChI is InChI=1S/C12H15NO/c1-4-10-6-5-7-11(8-10)13-9-12(2,3)14/h1,5-8,13-14H,9H2,2-3H3. The van der Waals surface area contributed by atoms with E-state index in [0.29, 0.717) is 6.54 Å². The molecule has 0 aliphatic heterocycles. The zero-order valence-electron chi connectivity index (χ0n) is 8.54. The lowest BCUT2D eigenvalue weighted by molar-refractivity contribution is 0.0945. The predicted molar refractivity (Wildman–Crippen MR) is 59.2 cm³/mol. The molecule has 1 aromatic rings. The summed E-state index contributed by atoms with van der Waals surface area (Å²) < 4.78 is 0. The van der Waals surface area contributed by atoms with Gasteiger partial charge in [0.25, 0.3) is 0 Å². The van der Waals surface area contributed by atoms with Crippen LogP contribution in [0.3, 0.4) is 0 Å². The summed E-state index contributed by atoms with van der Waals surface area (Å²) in [5.74, 6) is 2.56. The third kappa shape index (κ3) is 3.51. The van der Waals surface area contributed by atoms with Gasteiger partial charge in [-0.05, 0) is 32.0 Å². The fraction of sp³-hybridized carbons (Fsp3) is 0.333. The molecule has 0 unspecified atom stereocenters.